The van der Waals surface area contributed by atoms with Crippen LogP contribution in [0.5, 0.6) is 0 Å². The summed E-state index contributed by atoms with van der Waals surface area (Å²) in [4.78, 5) is 28.4. The number of piperidine rings is 1. The van der Waals surface area contributed by atoms with Crippen LogP contribution >= 0.6 is 11.6 Å². The zero-order valence-corrected chi connectivity index (χ0v) is 20.5. The monoisotopic (exact) mass is 505 g/mol. The Morgan fingerprint density at radius 1 is 1.11 bits per heavy atom. The SMILES string of the molecule is Cc1ccc(NC(=O)[C@@H]2CCCN(C(=O)c3cnn(-c4ccc(F)cc4)c3-n3cccc3)C2)c(Cl)c1. The van der Waals surface area contributed by atoms with Gasteiger partial charge in [-0.25, -0.2) is 9.07 Å². The maximum Gasteiger partial charge on any atom is 0.259 e. The van der Waals surface area contributed by atoms with Crippen LogP contribution in [-0.2, 0) is 4.79 Å². The van der Waals surface area contributed by atoms with E-state index in [-0.39, 0.29) is 23.5 Å². The molecule has 1 atom stereocenters. The molecule has 0 saturated carbocycles. The van der Waals surface area contributed by atoms with Crippen LogP contribution in [0.1, 0.15) is 28.8 Å². The average molecular weight is 506 g/mol. The number of likely N-dealkylation sites (tertiary alicyclic amines) is 1. The van der Waals surface area contributed by atoms with Gasteiger partial charge in [0.15, 0.2) is 5.82 Å². The third-order valence-electron chi connectivity index (χ3n) is 6.36. The zero-order chi connectivity index (χ0) is 25.2. The fourth-order valence-corrected chi connectivity index (χ4v) is 4.77. The predicted molar refractivity (Wildman–Crippen MR) is 136 cm³/mol. The summed E-state index contributed by atoms with van der Waals surface area (Å²) in [6.07, 6.45) is 6.56. The molecule has 9 heteroatoms. The van der Waals surface area contributed by atoms with E-state index in [1.54, 1.807) is 38.4 Å². The lowest BCUT2D eigenvalue weighted by Gasteiger charge is -2.32. The van der Waals surface area contributed by atoms with Crippen molar-refractivity contribution < 1.29 is 14.0 Å². The van der Waals surface area contributed by atoms with Gasteiger partial charge in [-0.3, -0.25) is 9.59 Å². The molecular weight excluding hydrogens is 481 g/mol. The number of rotatable bonds is 5. The molecule has 0 radical (unpaired) electrons. The largest absolute Gasteiger partial charge is 0.338 e. The number of halogens is 2. The molecule has 2 aromatic heterocycles. The summed E-state index contributed by atoms with van der Waals surface area (Å²) in [5.74, 6) is -0.532. The van der Waals surface area contributed by atoms with E-state index < -0.39 is 0 Å². The number of amides is 2. The van der Waals surface area contributed by atoms with Crippen LogP contribution in [0.4, 0.5) is 10.1 Å². The molecule has 4 aromatic rings. The molecule has 3 heterocycles. The van der Waals surface area contributed by atoms with Crippen LogP contribution in [0.15, 0.2) is 73.2 Å². The van der Waals surface area contributed by atoms with Crippen molar-refractivity contribution in [3.05, 3.63) is 95.2 Å². The van der Waals surface area contributed by atoms with E-state index in [2.05, 4.69) is 10.4 Å². The second kappa shape index (κ2) is 9.99. The second-order valence-corrected chi connectivity index (χ2v) is 9.33. The molecule has 1 N–H and O–H groups in total. The van der Waals surface area contributed by atoms with Crippen LogP contribution in [0.3, 0.4) is 0 Å². The number of aryl methyl sites for hydroxylation is 1. The van der Waals surface area contributed by atoms with Gasteiger partial charge in [-0.15, -0.1) is 0 Å². The minimum Gasteiger partial charge on any atom is -0.338 e. The van der Waals surface area contributed by atoms with Gasteiger partial charge in [0, 0.05) is 25.5 Å². The summed E-state index contributed by atoms with van der Waals surface area (Å²) >= 11 is 6.29. The Bertz CT molecular complexity index is 1400. The van der Waals surface area contributed by atoms with Crippen LogP contribution in [0, 0.1) is 18.7 Å². The van der Waals surface area contributed by atoms with Crippen molar-refractivity contribution in [2.24, 2.45) is 5.92 Å². The molecular formula is C27H25ClFN5O2. The highest BCUT2D eigenvalue weighted by molar-refractivity contribution is 6.33. The molecule has 184 valence electrons. The summed E-state index contributed by atoms with van der Waals surface area (Å²) in [5, 5.41) is 7.84. The van der Waals surface area contributed by atoms with Gasteiger partial charge in [0.2, 0.25) is 5.91 Å². The second-order valence-electron chi connectivity index (χ2n) is 8.92. The number of aromatic nitrogens is 3. The average Bonchev–Trinajstić information content (AvgIpc) is 3.56. The summed E-state index contributed by atoms with van der Waals surface area (Å²) < 4.78 is 16.9. The van der Waals surface area contributed by atoms with Gasteiger partial charge in [0.05, 0.1) is 28.5 Å². The van der Waals surface area contributed by atoms with E-state index >= 15 is 0 Å². The molecule has 1 aliphatic rings. The van der Waals surface area contributed by atoms with Gasteiger partial charge in [0.25, 0.3) is 5.91 Å². The molecule has 1 fully saturated rings. The molecule has 0 bridgehead atoms. The molecule has 2 aromatic carbocycles. The normalized spacial score (nSPS) is 15.6. The number of carbonyl (C=O) groups excluding carboxylic acids is 2. The van der Waals surface area contributed by atoms with E-state index in [1.807, 2.05) is 37.5 Å². The van der Waals surface area contributed by atoms with Crippen molar-refractivity contribution in [1.29, 1.82) is 0 Å². The van der Waals surface area contributed by atoms with Gasteiger partial charge in [-0.1, -0.05) is 17.7 Å². The predicted octanol–water partition coefficient (Wildman–Crippen LogP) is 5.25. The van der Waals surface area contributed by atoms with Gasteiger partial charge < -0.3 is 14.8 Å². The molecule has 2 amide bonds. The minimum atomic E-state index is -0.359. The molecule has 0 unspecified atom stereocenters. The smallest absolute Gasteiger partial charge is 0.259 e. The maximum absolute atomic E-state index is 13.7. The molecule has 0 aliphatic carbocycles. The highest BCUT2D eigenvalue weighted by Gasteiger charge is 2.31. The van der Waals surface area contributed by atoms with Crippen molar-refractivity contribution >= 4 is 29.1 Å². The van der Waals surface area contributed by atoms with Crippen molar-refractivity contribution in [3.8, 4) is 11.5 Å². The molecule has 36 heavy (non-hydrogen) atoms. The number of hydrogen-bond acceptors (Lipinski definition) is 3. The summed E-state index contributed by atoms with van der Waals surface area (Å²) in [6.45, 7) is 2.77. The Hall–Kier alpha value is -3.91. The first-order valence-corrected chi connectivity index (χ1v) is 12.1. The zero-order valence-electron chi connectivity index (χ0n) is 19.7. The van der Waals surface area contributed by atoms with Gasteiger partial charge in [-0.2, -0.15) is 5.10 Å². The van der Waals surface area contributed by atoms with E-state index in [1.165, 1.54) is 18.3 Å². The number of carbonyl (C=O) groups is 2. The molecule has 5 rings (SSSR count). The Balaban J connectivity index is 1.39. The first-order valence-electron chi connectivity index (χ1n) is 11.7. The third kappa shape index (κ3) is 4.77. The minimum absolute atomic E-state index is 0.161. The summed E-state index contributed by atoms with van der Waals surface area (Å²) in [6, 6.07) is 15.1. The van der Waals surface area contributed by atoms with E-state index in [4.69, 9.17) is 11.6 Å². The summed E-state index contributed by atoms with van der Waals surface area (Å²) in [7, 11) is 0. The van der Waals surface area contributed by atoms with Crippen molar-refractivity contribution in [2.45, 2.75) is 19.8 Å². The number of nitrogens with zero attached hydrogens (tertiary/aromatic N) is 4. The lowest BCUT2D eigenvalue weighted by molar-refractivity contribution is -0.121. The number of anilines is 1. The lowest BCUT2D eigenvalue weighted by Crippen LogP contribution is -2.44. The Morgan fingerprint density at radius 3 is 2.58 bits per heavy atom. The third-order valence-corrected chi connectivity index (χ3v) is 6.67. The molecule has 1 saturated heterocycles. The first kappa shape index (κ1) is 23.8. The first-order chi connectivity index (χ1) is 17.4. The standard InChI is InChI=1S/C27H25ClFN5O2/c1-18-6-11-24(23(28)15-18)31-25(35)19-5-4-14-33(17-19)27(36)22-16-30-34(21-9-7-20(29)8-10-21)26(22)32-12-2-3-13-32/h2-3,6-13,15-16,19H,4-5,14,17H2,1H3,(H,31,35)/t19-/m1/s1. The van der Waals surface area contributed by atoms with Gasteiger partial charge >= 0.3 is 0 Å². The lowest BCUT2D eigenvalue weighted by atomic mass is 9.96. The number of benzene rings is 2. The fourth-order valence-electron chi connectivity index (χ4n) is 4.49. The highest BCUT2D eigenvalue weighted by atomic mass is 35.5. The summed E-state index contributed by atoms with van der Waals surface area (Å²) in [5.41, 5.74) is 2.60. The Labute approximate surface area is 213 Å². The van der Waals surface area contributed by atoms with E-state index in [0.29, 0.717) is 53.7 Å². The number of hydrogen-bond donors (Lipinski definition) is 1. The molecule has 1 aliphatic heterocycles. The van der Waals surface area contributed by atoms with Crippen LogP contribution in [0.2, 0.25) is 5.02 Å². The van der Waals surface area contributed by atoms with E-state index in [9.17, 15) is 14.0 Å². The van der Waals surface area contributed by atoms with Crippen molar-refractivity contribution in [3.63, 3.8) is 0 Å². The highest BCUT2D eigenvalue weighted by Crippen LogP contribution is 2.27. The van der Waals surface area contributed by atoms with Crippen LogP contribution in [-0.4, -0.2) is 44.2 Å². The number of nitrogens with one attached hydrogen (secondary N) is 1. The Morgan fingerprint density at radius 2 is 1.86 bits per heavy atom. The Kier molecular flexibility index (Phi) is 6.61. The van der Waals surface area contributed by atoms with Crippen LogP contribution < -0.4 is 5.32 Å². The maximum atomic E-state index is 13.7. The molecule has 0 spiro atoms. The molecule has 7 nitrogen and oxygen atoms in total. The van der Waals surface area contributed by atoms with Gasteiger partial charge in [-0.05, 0) is 73.9 Å². The van der Waals surface area contributed by atoms with E-state index in [0.717, 1.165) is 5.56 Å². The van der Waals surface area contributed by atoms with Crippen molar-refractivity contribution in [1.82, 2.24) is 19.2 Å². The van der Waals surface area contributed by atoms with Crippen molar-refractivity contribution in [2.75, 3.05) is 18.4 Å². The van der Waals surface area contributed by atoms with Crippen LogP contribution in [0.25, 0.3) is 11.5 Å². The topological polar surface area (TPSA) is 72.2 Å². The fraction of sp³-hybridized carbons (Fsp3) is 0.222. The van der Waals surface area contributed by atoms with Gasteiger partial charge in [0.1, 0.15) is 11.4 Å². The quantitative estimate of drug-likeness (QED) is 0.402.